The van der Waals surface area contributed by atoms with Crippen molar-refractivity contribution >= 4 is 54.0 Å². The molecule has 3 aromatic carbocycles. The minimum atomic E-state index is -3.66. The van der Waals surface area contributed by atoms with E-state index in [0.717, 1.165) is 10.3 Å². The van der Waals surface area contributed by atoms with Gasteiger partial charge in [-0.15, -0.1) is 0 Å². The monoisotopic (exact) mass is 470 g/mol. The summed E-state index contributed by atoms with van der Waals surface area (Å²) in [5.74, 6) is -1.31. The van der Waals surface area contributed by atoms with Gasteiger partial charge in [-0.05, 0) is 23.3 Å². The number of sulfone groups is 1. The zero-order chi connectivity index (χ0) is 21.8. The second-order valence-electron chi connectivity index (χ2n) is 7.07. The van der Waals surface area contributed by atoms with Crippen LogP contribution in [0.2, 0.25) is 5.02 Å². The maximum Gasteiger partial charge on any atom is 0.244 e. The number of fused-ring (bicyclic) bond motifs is 1. The fourth-order valence-corrected chi connectivity index (χ4v) is 5.81. The number of hydrogen-bond donors (Lipinski definition) is 0. The van der Waals surface area contributed by atoms with Gasteiger partial charge < -0.3 is 0 Å². The molecule has 0 N–H and O–H groups in total. The van der Waals surface area contributed by atoms with E-state index in [1.165, 1.54) is 16.2 Å². The fraction of sp³-hybridized carbons (Fsp3) is 0.130. The Morgan fingerprint density at radius 3 is 2.19 bits per heavy atom. The lowest BCUT2D eigenvalue weighted by molar-refractivity contribution is -0.116. The molecule has 1 heterocycles. The molecule has 8 heteroatoms. The van der Waals surface area contributed by atoms with Crippen molar-refractivity contribution in [1.82, 2.24) is 4.98 Å². The lowest BCUT2D eigenvalue weighted by Gasteiger charge is -2.20. The molecule has 4 aromatic rings. The van der Waals surface area contributed by atoms with Crippen molar-refractivity contribution in [3.05, 3.63) is 95.0 Å². The molecule has 0 saturated carbocycles. The highest BCUT2D eigenvalue weighted by molar-refractivity contribution is 7.91. The van der Waals surface area contributed by atoms with E-state index in [2.05, 4.69) is 4.98 Å². The van der Waals surface area contributed by atoms with Gasteiger partial charge in [-0.2, -0.15) is 0 Å². The van der Waals surface area contributed by atoms with Gasteiger partial charge in [0.25, 0.3) is 0 Å². The van der Waals surface area contributed by atoms with Crippen LogP contribution in [0.4, 0.5) is 5.13 Å². The average molecular weight is 471 g/mol. The number of thiazole rings is 1. The van der Waals surface area contributed by atoms with Gasteiger partial charge in [0.1, 0.15) is 11.3 Å². The summed E-state index contributed by atoms with van der Waals surface area (Å²) in [6.07, 6.45) is 0. The smallest absolute Gasteiger partial charge is 0.244 e. The number of aromatic nitrogens is 1. The van der Waals surface area contributed by atoms with Crippen LogP contribution in [0.5, 0.6) is 0 Å². The van der Waals surface area contributed by atoms with Gasteiger partial charge in [-0.3, -0.25) is 9.69 Å². The van der Waals surface area contributed by atoms with Crippen molar-refractivity contribution in [2.45, 2.75) is 12.3 Å². The Bertz CT molecular complexity index is 1310. The van der Waals surface area contributed by atoms with E-state index >= 15 is 0 Å². The third-order valence-electron chi connectivity index (χ3n) is 4.65. The van der Waals surface area contributed by atoms with Gasteiger partial charge in [0, 0.05) is 0 Å². The van der Waals surface area contributed by atoms with Crippen LogP contribution in [0, 0.1) is 0 Å². The van der Waals surface area contributed by atoms with Crippen LogP contribution < -0.4 is 4.90 Å². The van der Waals surface area contributed by atoms with Crippen LogP contribution in [-0.4, -0.2) is 25.1 Å². The molecule has 31 heavy (non-hydrogen) atoms. The number of para-hydroxylation sites is 1. The molecule has 0 unspecified atom stereocenters. The average Bonchev–Trinajstić information content (AvgIpc) is 3.18. The molecule has 1 aromatic heterocycles. The Hall–Kier alpha value is -2.74. The summed E-state index contributed by atoms with van der Waals surface area (Å²) >= 11 is 7.57. The highest BCUT2D eigenvalue weighted by Gasteiger charge is 2.26. The summed E-state index contributed by atoms with van der Waals surface area (Å²) in [7, 11) is -3.66. The Morgan fingerprint density at radius 1 is 0.903 bits per heavy atom. The Kier molecular flexibility index (Phi) is 6.36. The minimum absolute atomic E-state index is 0.190. The first-order valence-corrected chi connectivity index (χ1v) is 12.6. The third-order valence-corrected chi connectivity index (χ3v) is 7.46. The Labute approximate surface area is 189 Å². The second-order valence-corrected chi connectivity index (χ2v) is 10.5. The van der Waals surface area contributed by atoms with E-state index < -0.39 is 21.5 Å². The van der Waals surface area contributed by atoms with Gasteiger partial charge >= 0.3 is 0 Å². The first-order chi connectivity index (χ1) is 14.9. The number of carbonyl (C=O) groups is 1. The highest BCUT2D eigenvalue weighted by Crippen LogP contribution is 2.33. The van der Waals surface area contributed by atoms with Crippen LogP contribution in [0.15, 0.2) is 78.9 Å². The Morgan fingerprint density at radius 2 is 1.55 bits per heavy atom. The lowest BCUT2D eigenvalue weighted by Crippen LogP contribution is -2.35. The number of benzene rings is 3. The summed E-state index contributed by atoms with van der Waals surface area (Å²) in [5.41, 5.74) is 2.13. The van der Waals surface area contributed by atoms with Crippen molar-refractivity contribution < 1.29 is 13.2 Å². The SMILES string of the molecule is O=C(CS(=O)(=O)Cc1ccccc1)N(Cc1ccccc1)c1nc2c(Cl)cccc2s1. The molecular weight excluding hydrogens is 452 g/mol. The Balaban J connectivity index is 1.64. The predicted octanol–water partition coefficient (Wildman–Crippen LogP) is 5.10. The standard InChI is InChI=1S/C23H19ClN2O3S2/c24-19-12-7-13-20-22(19)25-23(30-20)26(14-17-8-3-1-4-9-17)21(27)16-31(28,29)15-18-10-5-2-6-11-18/h1-13H,14-16H2. The lowest BCUT2D eigenvalue weighted by atomic mass is 10.2. The molecular formula is C23H19ClN2O3S2. The maximum atomic E-state index is 13.2. The van der Waals surface area contributed by atoms with E-state index in [1.54, 1.807) is 30.3 Å². The van der Waals surface area contributed by atoms with E-state index in [4.69, 9.17) is 11.6 Å². The summed E-state index contributed by atoms with van der Waals surface area (Å²) in [5, 5.41) is 0.913. The highest BCUT2D eigenvalue weighted by atomic mass is 35.5. The number of nitrogens with zero attached hydrogens (tertiary/aromatic N) is 2. The van der Waals surface area contributed by atoms with Crippen LogP contribution >= 0.6 is 22.9 Å². The molecule has 0 spiro atoms. The van der Waals surface area contributed by atoms with Gasteiger partial charge in [-0.25, -0.2) is 13.4 Å². The maximum absolute atomic E-state index is 13.2. The normalized spacial score (nSPS) is 11.5. The summed E-state index contributed by atoms with van der Waals surface area (Å²) in [4.78, 5) is 19.2. The number of halogens is 1. The van der Waals surface area contributed by atoms with Crippen molar-refractivity contribution in [2.24, 2.45) is 0 Å². The van der Waals surface area contributed by atoms with Crippen molar-refractivity contribution in [2.75, 3.05) is 10.7 Å². The zero-order valence-corrected chi connectivity index (χ0v) is 18.8. The molecule has 4 rings (SSSR count). The molecule has 0 bridgehead atoms. The van der Waals surface area contributed by atoms with Crippen LogP contribution in [0.3, 0.4) is 0 Å². The van der Waals surface area contributed by atoms with E-state index in [0.29, 0.717) is 21.2 Å². The largest absolute Gasteiger partial charge is 0.283 e. The fourth-order valence-electron chi connectivity index (χ4n) is 3.19. The minimum Gasteiger partial charge on any atom is -0.283 e. The van der Waals surface area contributed by atoms with Crippen molar-refractivity contribution in [3.63, 3.8) is 0 Å². The molecule has 5 nitrogen and oxygen atoms in total. The summed E-state index contributed by atoms with van der Waals surface area (Å²) in [6, 6.07) is 23.7. The molecule has 0 aliphatic heterocycles. The summed E-state index contributed by atoms with van der Waals surface area (Å²) < 4.78 is 26.3. The number of hydrogen-bond acceptors (Lipinski definition) is 5. The third kappa shape index (κ3) is 5.31. The summed E-state index contributed by atoms with van der Waals surface area (Å²) in [6.45, 7) is 0.220. The van der Waals surface area contributed by atoms with Crippen LogP contribution in [-0.2, 0) is 26.9 Å². The second kappa shape index (κ2) is 9.18. The number of amides is 1. The topological polar surface area (TPSA) is 67.3 Å². The molecule has 0 saturated heterocycles. The predicted molar refractivity (Wildman–Crippen MR) is 126 cm³/mol. The molecule has 0 fully saturated rings. The van der Waals surface area contributed by atoms with Crippen LogP contribution in [0.25, 0.3) is 10.2 Å². The van der Waals surface area contributed by atoms with Gasteiger partial charge in [0.15, 0.2) is 15.0 Å². The quantitative estimate of drug-likeness (QED) is 0.377. The molecule has 0 aliphatic rings. The van der Waals surface area contributed by atoms with Gasteiger partial charge in [0.2, 0.25) is 5.91 Å². The van der Waals surface area contributed by atoms with Crippen LogP contribution in [0.1, 0.15) is 11.1 Å². The zero-order valence-electron chi connectivity index (χ0n) is 16.4. The molecule has 0 radical (unpaired) electrons. The number of anilines is 1. The van der Waals surface area contributed by atoms with Crippen molar-refractivity contribution in [3.8, 4) is 0 Å². The van der Waals surface area contributed by atoms with E-state index in [-0.39, 0.29) is 12.3 Å². The van der Waals surface area contributed by atoms with Gasteiger partial charge in [-0.1, -0.05) is 89.7 Å². The van der Waals surface area contributed by atoms with E-state index in [1.807, 2.05) is 48.5 Å². The molecule has 1 amide bonds. The molecule has 0 aliphatic carbocycles. The van der Waals surface area contributed by atoms with Gasteiger partial charge in [0.05, 0.1) is 22.0 Å². The first-order valence-electron chi connectivity index (χ1n) is 9.55. The van der Waals surface area contributed by atoms with E-state index in [9.17, 15) is 13.2 Å². The number of carbonyl (C=O) groups excluding carboxylic acids is 1. The van der Waals surface area contributed by atoms with Crippen molar-refractivity contribution in [1.29, 1.82) is 0 Å². The number of rotatable bonds is 7. The molecule has 158 valence electrons. The molecule has 0 atom stereocenters. The first kappa shape index (κ1) is 21.5.